The number of benzene rings is 1. The zero-order valence-electron chi connectivity index (χ0n) is 16.1. The van der Waals surface area contributed by atoms with Crippen LogP contribution in [0.4, 0.5) is 0 Å². The van der Waals surface area contributed by atoms with Gasteiger partial charge in [-0.2, -0.15) is 59.1 Å². The smallest absolute Gasteiger partial charge is 0.477 e. The minimum Gasteiger partial charge on any atom is -0.477 e. The van der Waals surface area contributed by atoms with Crippen LogP contribution in [0.3, 0.4) is 0 Å². The third-order valence-corrected chi connectivity index (χ3v) is 1.98. The first-order valence-electron chi connectivity index (χ1n) is 7.62. The van der Waals surface area contributed by atoms with Gasteiger partial charge in [-0.05, 0) is 0 Å². The second-order valence-corrected chi connectivity index (χ2v) is 6.00. The van der Waals surface area contributed by atoms with Crippen LogP contribution in [-0.4, -0.2) is 4.98 Å². The number of para-hydroxylation sites is 1. The predicted octanol–water partition coefficient (Wildman–Crippen LogP) is 7.36. The summed E-state index contributed by atoms with van der Waals surface area (Å²) in [5.41, 5.74) is 1.15. The van der Waals surface area contributed by atoms with Crippen LogP contribution in [0.2, 0.25) is 0 Å². The zero-order valence-corrected chi connectivity index (χ0v) is 20.2. The second kappa shape index (κ2) is 21.7. The standard InChI is InChI=1S/C8H6N.C5H5.2C4H9.2ClH.Zr/c1-2-4-8-7(3-1)5-6-9-8;1-2-4-5-3-1;2*1-4(2)3;;;/h1-5,9H;1-3H,4H2;2*1-3H3;2*1H;/q4*-1;;;+4. The van der Waals surface area contributed by atoms with Crippen LogP contribution < -0.4 is 0 Å². The summed E-state index contributed by atoms with van der Waals surface area (Å²) in [6.07, 6.45) is 12.9. The summed E-state index contributed by atoms with van der Waals surface area (Å²) in [6, 6.07) is 10.1. The van der Waals surface area contributed by atoms with Crippen LogP contribution in [0.1, 0.15) is 48.0 Å². The van der Waals surface area contributed by atoms with Crippen molar-refractivity contribution in [2.75, 3.05) is 0 Å². The molecule has 1 aromatic heterocycles. The molecule has 4 heteroatoms. The van der Waals surface area contributed by atoms with E-state index in [0.717, 1.165) is 11.9 Å². The van der Waals surface area contributed by atoms with Crippen molar-refractivity contribution in [2.24, 2.45) is 0 Å². The molecule has 0 unspecified atom stereocenters. The maximum Gasteiger partial charge on any atom is 4.00 e. The first-order valence-corrected chi connectivity index (χ1v) is 7.62. The minimum atomic E-state index is 0. The molecule has 1 heterocycles. The molecule has 1 aliphatic carbocycles. The van der Waals surface area contributed by atoms with Crippen molar-refractivity contribution in [3.63, 3.8) is 0 Å². The van der Waals surface area contributed by atoms with Gasteiger partial charge in [0.05, 0.1) is 0 Å². The van der Waals surface area contributed by atoms with Gasteiger partial charge in [0.1, 0.15) is 0 Å². The van der Waals surface area contributed by atoms with Crippen molar-refractivity contribution in [1.29, 1.82) is 0 Å². The second-order valence-electron chi connectivity index (χ2n) is 6.00. The number of hydrogen-bond donors (Lipinski definition) is 1. The number of fused-ring (bicyclic) bond motifs is 1. The Balaban J connectivity index is -0.000000122. The van der Waals surface area contributed by atoms with Crippen LogP contribution in [0.25, 0.3) is 10.9 Å². The number of aromatic nitrogens is 1. The number of halogens is 2. The molecule has 0 saturated heterocycles. The van der Waals surface area contributed by atoms with E-state index in [4.69, 9.17) is 0 Å². The van der Waals surface area contributed by atoms with Crippen LogP contribution >= 0.6 is 24.8 Å². The number of rotatable bonds is 0. The summed E-state index contributed by atoms with van der Waals surface area (Å²) in [7, 11) is 0. The van der Waals surface area contributed by atoms with Crippen LogP contribution in [0.5, 0.6) is 0 Å². The summed E-state index contributed by atoms with van der Waals surface area (Å²) >= 11 is 0. The largest absolute Gasteiger partial charge is 4.00 e. The Kier molecular flexibility index (Phi) is 28.2. The summed E-state index contributed by atoms with van der Waals surface area (Å²) in [4.78, 5) is 2.99. The monoisotopic (exact) mass is 457 g/mol. The molecule has 0 spiro atoms. The van der Waals surface area contributed by atoms with Crippen LogP contribution in [0.15, 0.2) is 48.6 Å². The first kappa shape index (κ1) is 32.4. The van der Waals surface area contributed by atoms with E-state index in [2.05, 4.69) is 70.9 Å². The van der Waals surface area contributed by atoms with E-state index in [9.17, 15) is 0 Å². The quantitative estimate of drug-likeness (QED) is 0.396. The molecule has 1 N–H and O–H groups in total. The Morgan fingerprint density at radius 3 is 1.80 bits per heavy atom. The van der Waals surface area contributed by atoms with Crippen molar-refractivity contribution in [3.05, 3.63) is 72.7 Å². The molecule has 0 aliphatic heterocycles. The molecule has 1 aromatic carbocycles. The Labute approximate surface area is 186 Å². The molecule has 2 aromatic rings. The fourth-order valence-corrected chi connectivity index (χ4v) is 1.27. The van der Waals surface area contributed by atoms with E-state index in [1.165, 1.54) is 17.2 Å². The van der Waals surface area contributed by atoms with Crippen molar-refractivity contribution in [2.45, 2.75) is 48.0 Å². The Morgan fingerprint density at radius 1 is 0.920 bits per heavy atom. The molecular weight excluding hydrogens is 428 g/mol. The van der Waals surface area contributed by atoms with Gasteiger partial charge in [0.2, 0.25) is 0 Å². The average molecular weight is 460 g/mol. The van der Waals surface area contributed by atoms with Crippen LogP contribution in [0, 0.1) is 24.1 Å². The van der Waals surface area contributed by atoms with E-state index in [1.807, 2.05) is 36.4 Å². The van der Waals surface area contributed by atoms with E-state index in [1.54, 1.807) is 0 Å². The molecule has 0 amide bonds. The zero-order chi connectivity index (χ0) is 16.8. The number of aromatic amines is 1. The maximum absolute atomic E-state index is 2.99. The molecule has 1 nitrogen and oxygen atoms in total. The third-order valence-electron chi connectivity index (χ3n) is 1.98. The molecule has 1 aliphatic rings. The fourth-order valence-electron chi connectivity index (χ4n) is 1.27. The molecule has 25 heavy (non-hydrogen) atoms. The van der Waals surface area contributed by atoms with Gasteiger partial charge in [0.25, 0.3) is 0 Å². The number of allylic oxidation sites excluding steroid dienone is 4. The van der Waals surface area contributed by atoms with Crippen molar-refractivity contribution >= 4 is 35.7 Å². The summed E-state index contributed by atoms with van der Waals surface area (Å²) in [6.45, 7) is 12.5. The van der Waals surface area contributed by atoms with Gasteiger partial charge in [0.15, 0.2) is 0 Å². The predicted molar refractivity (Wildman–Crippen MR) is 114 cm³/mol. The van der Waals surface area contributed by atoms with Crippen molar-refractivity contribution < 1.29 is 26.2 Å². The Bertz CT molecular complexity index is 494. The third kappa shape index (κ3) is 23.7. The van der Waals surface area contributed by atoms with E-state index >= 15 is 0 Å². The van der Waals surface area contributed by atoms with Crippen molar-refractivity contribution in [3.8, 4) is 0 Å². The average Bonchev–Trinajstić information content (AvgIpc) is 3.12. The van der Waals surface area contributed by atoms with Gasteiger partial charge in [0, 0.05) is 0 Å². The molecule has 0 fully saturated rings. The molecule has 3 rings (SSSR count). The van der Waals surface area contributed by atoms with Crippen LogP contribution in [-0.2, 0) is 26.2 Å². The summed E-state index contributed by atoms with van der Waals surface area (Å²) in [5.74, 6) is 2.83. The number of nitrogens with one attached hydrogen (secondary N) is 1. The minimum absolute atomic E-state index is 0. The fraction of sp³-hybridized carbons (Fsp3) is 0.333. The Morgan fingerprint density at radius 2 is 1.44 bits per heavy atom. The summed E-state index contributed by atoms with van der Waals surface area (Å²) < 4.78 is 0. The van der Waals surface area contributed by atoms with Gasteiger partial charge < -0.3 is 16.8 Å². The summed E-state index contributed by atoms with van der Waals surface area (Å²) in [5, 5.41) is 1.22. The molecule has 0 atom stereocenters. The van der Waals surface area contributed by atoms with Gasteiger partial charge in [-0.25, -0.2) is 12.2 Å². The normalized spacial score (nSPS) is 10.1. The molecule has 0 saturated carbocycles. The van der Waals surface area contributed by atoms with E-state index < -0.39 is 0 Å². The first-order chi connectivity index (χ1) is 10.4. The van der Waals surface area contributed by atoms with E-state index in [0.29, 0.717) is 0 Å². The molecule has 0 bridgehead atoms. The molecule has 0 radical (unpaired) electrons. The van der Waals surface area contributed by atoms with Gasteiger partial charge >= 0.3 is 26.2 Å². The molecular formula is C21H31Cl2NZr. The number of hydrogen-bond acceptors (Lipinski definition) is 0. The van der Waals surface area contributed by atoms with Crippen molar-refractivity contribution in [1.82, 2.24) is 4.98 Å². The van der Waals surface area contributed by atoms with E-state index in [-0.39, 0.29) is 51.0 Å². The maximum atomic E-state index is 2.99. The van der Waals surface area contributed by atoms with Gasteiger partial charge in [-0.1, -0.05) is 12.1 Å². The van der Waals surface area contributed by atoms with Gasteiger partial charge in [-0.3, -0.25) is 6.08 Å². The number of H-pyrrole nitrogens is 1. The van der Waals surface area contributed by atoms with Gasteiger partial charge in [-0.15, -0.1) is 55.1 Å². The topological polar surface area (TPSA) is 15.8 Å². The SMILES string of the molecule is C[C-](C)C.C[C-](C)C.Cl.Cl.[C-]1=CC=CC1.[Zr+4].[c-]1cc2ccccc2[nH]1. The molecule has 138 valence electrons. The Hall–Kier alpha value is -0.297.